The Morgan fingerprint density at radius 3 is 2.80 bits per heavy atom. The summed E-state index contributed by atoms with van der Waals surface area (Å²) in [6.45, 7) is 3.47. The number of hydrogen-bond acceptors (Lipinski definition) is 4. The second kappa shape index (κ2) is 4.83. The highest BCUT2D eigenvalue weighted by Gasteiger charge is 2.23. The first-order chi connectivity index (χ1) is 9.92. The SMILES string of the molecule is c1cc2c(cc1-n1cncc1C1CNC1)OCCCO2. The summed E-state index contributed by atoms with van der Waals surface area (Å²) in [5, 5.41) is 3.30. The normalized spacial score (nSPS) is 18.4. The van der Waals surface area contributed by atoms with Gasteiger partial charge in [0, 0.05) is 43.4 Å². The lowest BCUT2D eigenvalue weighted by molar-refractivity contribution is 0.297. The Morgan fingerprint density at radius 1 is 1.15 bits per heavy atom. The molecule has 0 radical (unpaired) electrons. The maximum atomic E-state index is 5.76. The predicted molar refractivity (Wildman–Crippen MR) is 74.8 cm³/mol. The third-order valence-corrected chi connectivity index (χ3v) is 3.88. The first-order valence-corrected chi connectivity index (χ1v) is 7.05. The van der Waals surface area contributed by atoms with Crippen molar-refractivity contribution in [3.63, 3.8) is 0 Å². The second-order valence-corrected chi connectivity index (χ2v) is 5.23. The van der Waals surface area contributed by atoms with E-state index in [2.05, 4.69) is 20.9 Å². The Morgan fingerprint density at radius 2 is 2.00 bits per heavy atom. The van der Waals surface area contributed by atoms with Gasteiger partial charge in [-0.3, -0.25) is 0 Å². The fourth-order valence-corrected chi connectivity index (χ4v) is 2.62. The molecule has 2 aromatic rings. The smallest absolute Gasteiger partial charge is 0.163 e. The van der Waals surface area contributed by atoms with Crippen molar-refractivity contribution in [2.75, 3.05) is 26.3 Å². The average molecular weight is 271 g/mol. The van der Waals surface area contributed by atoms with E-state index in [1.165, 1.54) is 5.69 Å². The lowest BCUT2D eigenvalue weighted by Gasteiger charge is -2.28. The van der Waals surface area contributed by atoms with E-state index in [-0.39, 0.29) is 0 Å². The molecule has 0 saturated carbocycles. The summed E-state index contributed by atoms with van der Waals surface area (Å²) in [5.41, 5.74) is 2.33. The molecule has 1 aromatic carbocycles. The highest BCUT2D eigenvalue weighted by atomic mass is 16.5. The molecule has 5 nitrogen and oxygen atoms in total. The van der Waals surface area contributed by atoms with Crippen molar-refractivity contribution < 1.29 is 9.47 Å². The molecule has 2 aliphatic heterocycles. The average Bonchev–Trinajstić information content (AvgIpc) is 2.74. The molecular weight excluding hydrogens is 254 g/mol. The van der Waals surface area contributed by atoms with Crippen LogP contribution in [-0.2, 0) is 0 Å². The number of nitrogens with zero attached hydrogens (tertiary/aromatic N) is 2. The molecule has 0 aliphatic carbocycles. The van der Waals surface area contributed by atoms with Gasteiger partial charge in [0.25, 0.3) is 0 Å². The van der Waals surface area contributed by atoms with Gasteiger partial charge in [-0.1, -0.05) is 0 Å². The maximum absolute atomic E-state index is 5.76. The molecule has 1 saturated heterocycles. The molecule has 4 rings (SSSR count). The largest absolute Gasteiger partial charge is 0.490 e. The number of fused-ring (bicyclic) bond motifs is 1. The van der Waals surface area contributed by atoms with Crippen LogP contribution in [0.1, 0.15) is 18.0 Å². The van der Waals surface area contributed by atoms with Gasteiger partial charge in [-0.05, 0) is 12.1 Å². The highest BCUT2D eigenvalue weighted by molar-refractivity contribution is 5.50. The molecule has 104 valence electrons. The number of imidazole rings is 1. The van der Waals surface area contributed by atoms with Gasteiger partial charge >= 0.3 is 0 Å². The van der Waals surface area contributed by atoms with Crippen LogP contribution in [0.25, 0.3) is 5.69 Å². The summed E-state index contributed by atoms with van der Waals surface area (Å²) in [6, 6.07) is 6.08. The molecule has 3 heterocycles. The second-order valence-electron chi connectivity index (χ2n) is 5.23. The fraction of sp³-hybridized carbons (Fsp3) is 0.400. The van der Waals surface area contributed by atoms with Gasteiger partial charge in [0.15, 0.2) is 11.5 Å². The van der Waals surface area contributed by atoms with Crippen LogP contribution in [0.5, 0.6) is 11.5 Å². The molecule has 2 aliphatic rings. The molecule has 5 heteroatoms. The minimum atomic E-state index is 0.550. The van der Waals surface area contributed by atoms with E-state index >= 15 is 0 Å². The highest BCUT2D eigenvalue weighted by Crippen LogP contribution is 2.33. The van der Waals surface area contributed by atoms with Crippen LogP contribution in [0.3, 0.4) is 0 Å². The monoisotopic (exact) mass is 271 g/mol. The molecule has 0 bridgehead atoms. The van der Waals surface area contributed by atoms with Crippen LogP contribution in [-0.4, -0.2) is 35.9 Å². The molecule has 1 N–H and O–H groups in total. The van der Waals surface area contributed by atoms with Gasteiger partial charge in [-0.25, -0.2) is 4.98 Å². The van der Waals surface area contributed by atoms with E-state index in [4.69, 9.17) is 9.47 Å². The van der Waals surface area contributed by atoms with Crippen LogP contribution in [0.4, 0.5) is 0 Å². The first kappa shape index (κ1) is 11.8. The van der Waals surface area contributed by atoms with Gasteiger partial charge in [-0.15, -0.1) is 0 Å². The summed E-state index contributed by atoms with van der Waals surface area (Å²) in [5.74, 6) is 2.21. The molecule has 1 fully saturated rings. The molecule has 0 unspecified atom stereocenters. The number of aromatic nitrogens is 2. The number of ether oxygens (including phenoxy) is 2. The van der Waals surface area contributed by atoms with Crippen LogP contribution in [0, 0.1) is 0 Å². The van der Waals surface area contributed by atoms with Crippen molar-refractivity contribution in [3.8, 4) is 17.2 Å². The number of rotatable bonds is 2. The fourth-order valence-electron chi connectivity index (χ4n) is 2.62. The summed E-state index contributed by atoms with van der Waals surface area (Å²) in [6.07, 6.45) is 4.75. The van der Waals surface area contributed by atoms with E-state index in [0.29, 0.717) is 12.5 Å². The summed E-state index contributed by atoms with van der Waals surface area (Å²) in [4.78, 5) is 4.30. The van der Waals surface area contributed by atoms with Crippen molar-refractivity contribution in [2.45, 2.75) is 12.3 Å². The Kier molecular flexibility index (Phi) is 2.85. The molecule has 0 amide bonds. The van der Waals surface area contributed by atoms with Crippen LogP contribution < -0.4 is 14.8 Å². The van der Waals surface area contributed by atoms with Crippen molar-refractivity contribution >= 4 is 0 Å². The lowest BCUT2D eigenvalue weighted by Crippen LogP contribution is -2.40. The van der Waals surface area contributed by atoms with Gasteiger partial charge in [0.1, 0.15) is 0 Å². The van der Waals surface area contributed by atoms with Gasteiger partial charge in [0.2, 0.25) is 0 Å². The zero-order chi connectivity index (χ0) is 13.4. The zero-order valence-corrected chi connectivity index (χ0v) is 11.2. The molecule has 0 spiro atoms. The van der Waals surface area contributed by atoms with Crippen molar-refractivity contribution in [2.24, 2.45) is 0 Å². The number of nitrogens with one attached hydrogen (secondary N) is 1. The number of hydrogen-bond donors (Lipinski definition) is 1. The van der Waals surface area contributed by atoms with Crippen LogP contribution in [0.15, 0.2) is 30.7 Å². The van der Waals surface area contributed by atoms with Gasteiger partial charge in [0.05, 0.1) is 25.2 Å². The Hall–Kier alpha value is -2.01. The van der Waals surface area contributed by atoms with E-state index in [1.807, 2.05) is 24.7 Å². The van der Waals surface area contributed by atoms with Crippen LogP contribution >= 0.6 is 0 Å². The van der Waals surface area contributed by atoms with Gasteiger partial charge < -0.3 is 19.4 Å². The van der Waals surface area contributed by atoms with E-state index < -0.39 is 0 Å². The minimum absolute atomic E-state index is 0.550. The van der Waals surface area contributed by atoms with Crippen molar-refractivity contribution in [1.29, 1.82) is 0 Å². The van der Waals surface area contributed by atoms with Crippen molar-refractivity contribution in [3.05, 3.63) is 36.4 Å². The molecular formula is C15H17N3O2. The van der Waals surface area contributed by atoms with E-state index in [1.54, 1.807) is 0 Å². The van der Waals surface area contributed by atoms with E-state index in [0.717, 1.165) is 43.3 Å². The standard InChI is InChI=1S/C15H17N3O2/c1-4-19-14-3-2-12(6-15(14)20-5-1)18-10-17-9-13(18)11-7-16-8-11/h2-3,6,9-11,16H,1,4-5,7-8H2. The minimum Gasteiger partial charge on any atom is -0.490 e. The maximum Gasteiger partial charge on any atom is 0.163 e. The molecule has 20 heavy (non-hydrogen) atoms. The predicted octanol–water partition coefficient (Wildman–Crippen LogP) is 1.72. The third-order valence-electron chi connectivity index (χ3n) is 3.88. The Bertz CT molecular complexity index is 619. The summed E-state index contributed by atoms with van der Waals surface area (Å²) in [7, 11) is 0. The molecule has 0 atom stereocenters. The third kappa shape index (κ3) is 1.94. The van der Waals surface area contributed by atoms with E-state index in [9.17, 15) is 0 Å². The Balaban J connectivity index is 1.72. The lowest BCUT2D eigenvalue weighted by atomic mass is 10.00. The first-order valence-electron chi connectivity index (χ1n) is 7.05. The topological polar surface area (TPSA) is 48.3 Å². The molecule has 1 aromatic heterocycles. The summed E-state index contributed by atoms with van der Waals surface area (Å²) >= 11 is 0. The van der Waals surface area contributed by atoms with Crippen molar-refractivity contribution in [1.82, 2.24) is 14.9 Å². The van der Waals surface area contributed by atoms with Crippen LogP contribution in [0.2, 0.25) is 0 Å². The summed E-state index contributed by atoms with van der Waals surface area (Å²) < 4.78 is 13.6. The number of benzene rings is 1. The van der Waals surface area contributed by atoms with Gasteiger partial charge in [-0.2, -0.15) is 0 Å². The zero-order valence-electron chi connectivity index (χ0n) is 11.2. The Labute approximate surface area is 117 Å². The quantitative estimate of drug-likeness (QED) is 0.903.